The molecule has 0 radical (unpaired) electrons. The number of fused-ring (bicyclic) bond motifs is 1. The maximum atomic E-state index is 14.1. The molecule has 1 aromatic carbocycles. The van der Waals surface area contributed by atoms with Gasteiger partial charge in [0.15, 0.2) is 5.58 Å². The molecule has 0 unspecified atom stereocenters. The van der Waals surface area contributed by atoms with Crippen LogP contribution in [0.2, 0.25) is 5.02 Å². The predicted molar refractivity (Wildman–Crippen MR) is 73.8 cm³/mol. The maximum absolute atomic E-state index is 14.1. The van der Waals surface area contributed by atoms with Crippen LogP contribution in [-0.2, 0) is 5.67 Å². The molecule has 0 aliphatic rings. The molecule has 0 saturated heterocycles. The van der Waals surface area contributed by atoms with E-state index in [1.165, 1.54) is 12.3 Å². The van der Waals surface area contributed by atoms with Crippen LogP contribution in [0.1, 0.15) is 5.56 Å². The minimum absolute atomic E-state index is 0.0703. The molecule has 3 nitrogen and oxygen atoms in total. The van der Waals surface area contributed by atoms with Gasteiger partial charge in [0.1, 0.15) is 10.5 Å². The van der Waals surface area contributed by atoms with Crippen molar-refractivity contribution in [2.45, 2.75) is 18.0 Å². The predicted octanol–water partition coefficient (Wildman–Crippen LogP) is 4.84. The summed E-state index contributed by atoms with van der Waals surface area (Å²) in [5.74, 6) is -0.190. The highest BCUT2D eigenvalue weighted by molar-refractivity contribution is 6.32. The molecule has 0 aliphatic carbocycles. The molecule has 0 spiro atoms. The standard InChI is InChI=1S/C15H5ClF7N2O/c16-9-6-24-4-3-8(9)12-25-10-5-7(1-2-11(10)26-12)13(17,14(18,19)20)15(21,22)23/h1-3,5-6H/q+1. The van der Waals surface area contributed by atoms with E-state index < -0.39 is 29.1 Å². The summed E-state index contributed by atoms with van der Waals surface area (Å²) in [6.45, 7) is 0. The maximum Gasteiger partial charge on any atom is 0.435 e. The number of alkyl halides is 7. The van der Waals surface area contributed by atoms with Crippen molar-refractivity contribution < 1.29 is 40.1 Å². The highest BCUT2D eigenvalue weighted by Crippen LogP contribution is 2.53. The minimum atomic E-state index is -6.21. The van der Waals surface area contributed by atoms with Crippen molar-refractivity contribution in [3.63, 3.8) is 0 Å². The van der Waals surface area contributed by atoms with E-state index in [-0.39, 0.29) is 22.1 Å². The van der Waals surface area contributed by atoms with Crippen LogP contribution in [0.25, 0.3) is 22.6 Å². The Morgan fingerprint density at radius 3 is 2.27 bits per heavy atom. The normalized spacial score (nSPS) is 13.1. The van der Waals surface area contributed by atoms with Crippen LogP contribution >= 0.6 is 11.6 Å². The molecule has 0 atom stereocenters. The Kier molecular flexibility index (Phi) is 4.03. The Hall–Kier alpha value is -2.54. The van der Waals surface area contributed by atoms with Gasteiger partial charge in [-0.25, -0.2) is 9.37 Å². The highest BCUT2D eigenvalue weighted by Gasteiger charge is 2.73. The van der Waals surface area contributed by atoms with E-state index >= 15 is 0 Å². The number of benzene rings is 1. The van der Waals surface area contributed by atoms with Gasteiger partial charge in [0.05, 0.1) is 11.6 Å². The summed E-state index contributed by atoms with van der Waals surface area (Å²) in [5, 5.41) is 0.0703. The Morgan fingerprint density at radius 2 is 1.69 bits per heavy atom. The quantitative estimate of drug-likeness (QED) is 0.581. The first-order valence-corrected chi connectivity index (χ1v) is 7.08. The molecule has 136 valence electrons. The summed E-state index contributed by atoms with van der Waals surface area (Å²) in [4.78, 5) is 7.38. The molecule has 11 heteroatoms. The lowest BCUT2D eigenvalue weighted by Gasteiger charge is -2.30. The van der Waals surface area contributed by atoms with E-state index in [9.17, 15) is 30.7 Å². The molecule has 3 aromatic rings. The second-order valence-corrected chi connectivity index (χ2v) is 5.56. The number of halogens is 8. The summed E-state index contributed by atoms with van der Waals surface area (Å²) >= 11 is 5.87. The Bertz CT molecular complexity index is 951. The lowest BCUT2D eigenvalue weighted by atomic mass is 9.94. The number of rotatable bonds is 2. The van der Waals surface area contributed by atoms with Gasteiger partial charge in [-0.1, -0.05) is 17.7 Å². The van der Waals surface area contributed by atoms with E-state index in [2.05, 4.69) is 16.2 Å². The molecule has 2 heterocycles. The minimum Gasteiger partial charge on any atom is -0.436 e. The molecule has 0 bridgehead atoms. The lowest BCUT2D eigenvalue weighted by molar-refractivity contribution is -0.348. The third-order valence-corrected chi connectivity index (χ3v) is 3.82. The fourth-order valence-corrected chi connectivity index (χ4v) is 2.43. The Labute approximate surface area is 145 Å². The third-order valence-electron chi connectivity index (χ3n) is 3.52. The number of aromatic nitrogens is 2. The van der Waals surface area contributed by atoms with Gasteiger partial charge in [-0.2, -0.15) is 26.3 Å². The average Bonchev–Trinajstić information content (AvgIpc) is 2.95. The molecular weight excluding hydrogens is 393 g/mol. The molecule has 0 fully saturated rings. The lowest BCUT2D eigenvalue weighted by Crippen LogP contribution is -2.50. The van der Waals surface area contributed by atoms with Crippen molar-refractivity contribution in [2.24, 2.45) is 0 Å². The van der Waals surface area contributed by atoms with Crippen LogP contribution < -0.4 is 4.98 Å². The van der Waals surface area contributed by atoms with Gasteiger partial charge in [0.25, 0.3) is 0 Å². The number of hydrogen-bond donors (Lipinski definition) is 0. The zero-order valence-electron chi connectivity index (χ0n) is 12.2. The van der Waals surface area contributed by atoms with Gasteiger partial charge in [0.2, 0.25) is 5.89 Å². The van der Waals surface area contributed by atoms with Gasteiger partial charge in [0, 0.05) is 5.56 Å². The Morgan fingerprint density at radius 1 is 1.04 bits per heavy atom. The number of oxazole rings is 1. The van der Waals surface area contributed by atoms with E-state index in [0.717, 1.165) is 6.07 Å². The van der Waals surface area contributed by atoms with Crippen molar-refractivity contribution in [1.82, 2.24) is 4.98 Å². The van der Waals surface area contributed by atoms with Crippen LogP contribution in [0.5, 0.6) is 0 Å². The van der Waals surface area contributed by atoms with Crippen LogP contribution in [0, 0.1) is 6.20 Å². The largest absolute Gasteiger partial charge is 0.436 e. The van der Waals surface area contributed by atoms with Gasteiger partial charge in [-0.3, -0.25) is 0 Å². The van der Waals surface area contributed by atoms with Gasteiger partial charge in [-0.15, -0.1) is 0 Å². The number of nitrogens with zero attached hydrogens (tertiary/aromatic N) is 2. The van der Waals surface area contributed by atoms with E-state index in [1.807, 2.05) is 0 Å². The molecule has 0 aliphatic heterocycles. The van der Waals surface area contributed by atoms with E-state index in [0.29, 0.717) is 12.1 Å². The van der Waals surface area contributed by atoms with Crippen molar-refractivity contribution in [3.05, 3.63) is 47.2 Å². The van der Waals surface area contributed by atoms with Crippen LogP contribution in [0.15, 0.2) is 34.9 Å². The summed E-state index contributed by atoms with van der Waals surface area (Å²) < 4.78 is 96.4. The molecule has 2 aromatic heterocycles. The van der Waals surface area contributed by atoms with Gasteiger partial charge in [-0.05, 0) is 17.1 Å². The van der Waals surface area contributed by atoms with Gasteiger partial charge >= 0.3 is 30.4 Å². The summed E-state index contributed by atoms with van der Waals surface area (Å²) in [6, 6.07) is 2.71. The summed E-state index contributed by atoms with van der Waals surface area (Å²) in [6.07, 6.45) is -8.81. The smallest absolute Gasteiger partial charge is 0.435 e. The second kappa shape index (κ2) is 5.74. The van der Waals surface area contributed by atoms with Crippen LogP contribution in [-0.4, -0.2) is 17.3 Å². The molecule has 0 amide bonds. The molecule has 26 heavy (non-hydrogen) atoms. The summed E-state index contributed by atoms with van der Waals surface area (Å²) in [7, 11) is 0. The molecule has 0 N–H and O–H groups in total. The fourth-order valence-electron chi connectivity index (χ4n) is 2.24. The van der Waals surface area contributed by atoms with Crippen molar-refractivity contribution in [1.29, 1.82) is 0 Å². The SMILES string of the molecule is FC(F)(F)C(F)(c1ccc2oc(-c3cc#[n+]cc3Cl)nc2c1)C(F)(F)F. The molecular formula is C15H5ClF7N2O+. The summed E-state index contributed by atoms with van der Waals surface area (Å²) in [5.41, 5.74) is -7.59. The zero-order valence-corrected chi connectivity index (χ0v) is 13.0. The van der Waals surface area contributed by atoms with Crippen molar-refractivity contribution in [2.75, 3.05) is 0 Å². The number of hydrogen-bond acceptors (Lipinski definition) is 2. The molecule has 0 saturated carbocycles. The third kappa shape index (κ3) is 2.72. The first-order chi connectivity index (χ1) is 11.9. The van der Waals surface area contributed by atoms with Crippen molar-refractivity contribution >= 4 is 22.7 Å². The zero-order chi connectivity index (χ0) is 19.3. The average molecular weight is 398 g/mol. The fraction of sp³-hybridized carbons (Fsp3) is 0.200. The first-order valence-electron chi connectivity index (χ1n) is 6.70. The van der Waals surface area contributed by atoms with Crippen LogP contribution in [0.3, 0.4) is 0 Å². The Balaban J connectivity index is 2.17. The van der Waals surface area contributed by atoms with Crippen molar-refractivity contribution in [3.8, 4) is 11.5 Å². The van der Waals surface area contributed by atoms with Crippen LogP contribution in [0.4, 0.5) is 30.7 Å². The van der Waals surface area contributed by atoms with Gasteiger partial charge < -0.3 is 4.42 Å². The topological polar surface area (TPSA) is 40.1 Å². The highest BCUT2D eigenvalue weighted by atomic mass is 35.5. The first kappa shape index (κ1) is 18.3. The van der Waals surface area contributed by atoms with E-state index in [1.54, 1.807) is 0 Å². The second-order valence-electron chi connectivity index (χ2n) is 5.15. The monoisotopic (exact) mass is 397 g/mol. The van der Waals surface area contributed by atoms with E-state index in [4.69, 9.17) is 16.0 Å². The molecule has 3 rings (SSSR count).